The Kier molecular flexibility index (Phi) is 3.00. The summed E-state index contributed by atoms with van der Waals surface area (Å²) in [5.41, 5.74) is 0.860. The van der Waals surface area contributed by atoms with Crippen LogP contribution in [0.5, 0.6) is 0 Å². The first kappa shape index (κ1) is 12.8. The lowest BCUT2D eigenvalue weighted by Gasteiger charge is -1.97. The summed E-state index contributed by atoms with van der Waals surface area (Å²) in [6, 6.07) is 6.07. The lowest BCUT2D eigenvalue weighted by molar-refractivity contribution is -0.384. The summed E-state index contributed by atoms with van der Waals surface area (Å²) in [6.45, 7) is 0. The molecule has 0 N–H and O–H groups in total. The molecule has 0 radical (unpaired) electrons. The number of nitro benzene ring substituents is 1. The molecule has 3 aromatic rings. The number of thiazole rings is 1. The number of carbonyl (C=O) groups excluding carboxylic acids is 1. The Hall–Kier alpha value is -2.25. The quantitative estimate of drug-likeness (QED) is 0.422. The van der Waals surface area contributed by atoms with Gasteiger partial charge in [-0.3, -0.25) is 19.5 Å². The highest BCUT2D eigenvalue weighted by atomic mass is 35.5. The van der Waals surface area contributed by atoms with E-state index in [1.807, 2.05) is 0 Å². The average molecular weight is 308 g/mol. The van der Waals surface area contributed by atoms with Gasteiger partial charge in [0, 0.05) is 18.3 Å². The van der Waals surface area contributed by atoms with E-state index in [4.69, 9.17) is 11.6 Å². The van der Waals surface area contributed by atoms with Crippen molar-refractivity contribution in [3.63, 3.8) is 0 Å². The van der Waals surface area contributed by atoms with Crippen molar-refractivity contribution in [2.75, 3.05) is 0 Å². The molecule has 0 aliphatic rings. The zero-order chi connectivity index (χ0) is 14.3. The van der Waals surface area contributed by atoms with Gasteiger partial charge in [-0.2, -0.15) is 0 Å². The van der Waals surface area contributed by atoms with Crippen LogP contribution in [0.3, 0.4) is 0 Å². The van der Waals surface area contributed by atoms with Gasteiger partial charge in [-0.15, -0.1) is 0 Å². The van der Waals surface area contributed by atoms with Gasteiger partial charge in [0.25, 0.3) is 5.69 Å². The number of halogens is 1. The molecule has 8 heteroatoms. The van der Waals surface area contributed by atoms with Crippen molar-refractivity contribution in [1.82, 2.24) is 9.55 Å². The topological polar surface area (TPSA) is 78.0 Å². The van der Waals surface area contributed by atoms with Gasteiger partial charge in [-0.05, 0) is 12.1 Å². The van der Waals surface area contributed by atoms with Crippen LogP contribution in [0, 0.1) is 10.1 Å². The van der Waals surface area contributed by atoms with E-state index in [0.29, 0.717) is 21.0 Å². The molecule has 6 nitrogen and oxygen atoms in total. The van der Waals surface area contributed by atoms with Crippen LogP contribution >= 0.6 is 22.9 Å². The van der Waals surface area contributed by atoms with Gasteiger partial charge in [0.1, 0.15) is 5.52 Å². The van der Waals surface area contributed by atoms with E-state index >= 15 is 0 Å². The molecule has 2 heterocycles. The van der Waals surface area contributed by atoms with Crippen molar-refractivity contribution < 1.29 is 9.72 Å². The summed E-state index contributed by atoms with van der Waals surface area (Å²) in [6.07, 6.45) is 2.42. The number of non-ortho nitro benzene ring substituents is 1. The number of aldehydes is 1. The van der Waals surface area contributed by atoms with Crippen LogP contribution in [0.1, 0.15) is 10.5 Å². The maximum absolute atomic E-state index is 10.9. The van der Waals surface area contributed by atoms with E-state index < -0.39 is 4.92 Å². The van der Waals surface area contributed by atoms with E-state index in [1.165, 1.54) is 23.5 Å². The molecule has 0 amide bonds. The van der Waals surface area contributed by atoms with Crippen molar-refractivity contribution >= 4 is 45.1 Å². The van der Waals surface area contributed by atoms with Crippen molar-refractivity contribution in [1.29, 1.82) is 0 Å². The number of rotatable bonds is 3. The summed E-state index contributed by atoms with van der Waals surface area (Å²) < 4.78 is 2.21. The number of fused-ring (bicyclic) bond motifs is 1. The van der Waals surface area contributed by atoms with E-state index in [0.717, 1.165) is 6.29 Å². The molecule has 3 rings (SSSR count). The summed E-state index contributed by atoms with van der Waals surface area (Å²) in [7, 11) is 0. The van der Waals surface area contributed by atoms with Gasteiger partial charge in [0.05, 0.1) is 20.3 Å². The minimum atomic E-state index is -0.503. The number of aromatic nitrogens is 2. The molecule has 0 unspecified atom stereocenters. The number of benzene rings is 1. The molecule has 0 aliphatic heterocycles. The summed E-state index contributed by atoms with van der Waals surface area (Å²) in [5.74, 6) is 0. The molecule has 0 bridgehead atoms. The lowest BCUT2D eigenvalue weighted by Crippen LogP contribution is -1.96. The van der Waals surface area contributed by atoms with E-state index in [-0.39, 0.29) is 10.7 Å². The van der Waals surface area contributed by atoms with Gasteiger partial charge >= 0.3 is 0 Å². The lowest BCUT2D eigenvalue weighted by atomic mass is 10.3. The maximum Gasteiger partial charge on any atom is 0.272 e. The van der Waals surface area contributed by atoms with Crippen LogP contribution in [-0.2, 0) is 0 Å². The van der Waals surface area contributed by atoms with Gasteiger partial charge in [0.15, 0.2) is 11.4 Å². The molecule has 0 atom stereocenters. The van der Waals surface area contributed by atoms with E-state index in [2.05, 4.69) is 4.98 Å². The highest BCUT2D eigenvalue weighted by molar-refractivity contribution is 7.21. The Morgan fingerprint density at radius 2 is 2.25 bits per heavy atom. The minimum Gasteiger partial charge on any atom is -0.296 e. The first-order valence-corrected chi connectivity index (χ1v) is 6.67. The zero-order valence-corrected chi connectivity index (χ0v) is 11.4. The molecule has 0 saturated carbocycles. The molecule has 0 saturated heterocycles. The van der Waals surface area contributed by atoms with Crippen LogP contribution in [-0.4, -0.2) is 20.8 Å². The Bertz CT molecular complexity index is 840. The SMILES string of the molecule is O=Cc1cccn1-c1nc2c(Cl)cc([N+](=O)[O-])cc2s1. The zero-order valence-electron chi connectivity index (χ0n) is 9.82. The van der Waals surface area contributed by atoms with Crippen molar-refractivity contribution in [2.45, 2.75) is 0 Å². The summed E-state index contributed by atoms with van der Waals surface area (Å²) >= 11 is 7.25. The van der Waals surface area contributed by atoms with Gasteiger partial charge in [-0.25, -0.2) is 4.98 Å². The van der Waals surface area contributed by atoms with Crippen LogP contribution in [0.4, 0.5) is 5.69 Å². The highest BCUT2D eigenvalue weighted by Gasteiger charge is 2.16. The van der Waals surface area contributed by atoms with Crippen LogP contribution in [0.25, 0.3) is 15.3 Å². The standard InChI is InChI=1S/C12H6ClN3O3S/c13-9-4-8(16(18)19)5-10-11(9)14-12(20-10)15-3-1-2-7(15)6-17/h1-6H. The second-order valence-electron chi connectivity index (χ2n) is 3.95. The molecular weight excluding hydrogens is 302 g/mol. The molecule has 0 fully saturated rings. The van der Waals surface area contributed by atoms with Gasteiger partial charge < -0.3 is 0 Å². The molecule has 0 spiro atoms. The Morgan fingerprint density at radius 1 is 1.45 bits per heavy atom. The number of hydrogen-bond acceptors (Lipinski definition) is 5. The number of nitro groups is 1. The first-order chi connectivity index (χ1) is 9.60. The largest absolute Gasteiger partial charge is 0.296 e. The fourth-order valence-electron chi connectivity index (χ4n) is 1.84. The van der Waals surface area contributed by atoms with Crippen molar-refractivity contribution in [3.05, 3.63) is 51.3 Å². The fraction of sp³-hybridized carbons (Fsp3) is 0. The number of hydrogen-bond donors (Lipinski definition) is 0. The van der Waals surface area contributed by atoms with Gasteiger partial charge in [-0.1, -0.05) is 22.9 Å². The Balaban J connectivity index is 2.23. The smallest absolute Gasteiger partial charge is 0.272 e. The summed E-state index contributed by atoms with van der Waals surface area (Å²) in [5, 5.41) is 11.6. The van der Waals surface area contributed by atoms with Crippen LogP contribution in [0.15, 0.2) is 30.5 Å². The Morgan fingerprint density at radius 3 is 2.95 bits per heavy atom. The number of carbonyl (C=O) groups is 1. The average Bonchev–Trinajstić information content (AvgIpc) is 3.03. The second-order valence-corrected chi connectivity index (χ2v) is 5.37. The fourth-order valence-corrected chi connectivity index (χ4v) is 3.18. The van der Waals surface area contributed by atoms with Crippen molar-refractivity contribution in [2.24, 2.45) is 0 Å². The van der Waals surface area contributed by atoms with E-state index in [1.54, 1.807) is 22.9 Å². The first-order valence-electron chi connectivity index (χ1n) is 5.47. The third-order valence-electron chi connectivity index (χ3n) is 2.74. The predicted octanol–water partition coefficient (Wildman–Crippen LogP) is 3.46. The second kappa shape index (κ2) is 4.69. The maximum atomic E-state index is 10.9. The predicted molar refractivity (Wildman–Crippen MR) is 76.0 cm³/mol. The molecule has 0 aliphatic carbocycles. The third kappa shape index (κ3) is 1.97. The molecule has 2 aromatic heterocycles. The molecule has 20 heavy (non-hydrogen) atoms. The van der Waals surface area contributed by atoms with Crippen LogP contribution in [0.2, 0.25) is 5.02 Å². The van der Waals surface area contributed by atoms with Gasteiger partial charge in [0.2, 0.25) is 0 Å². The third-order valence-corrected chi connectivity index (χ3v) is 4.03. The molecule has 1 aromatic carbocycles. The minimum absolute atomic E-state index is 0.0826. The molecular formula is C12H6ClN3O3S. The van der Waals surface area contributed by atoms with Crippen molar-refractivity contribution in [3.8, 4) is 5.13 Å². The monoisotopic (exact) mass is 307 g/mol. The highest BCUT2D eigenvalue weighted by Crippen LogP contribution is 2.34. The Labute approximate surface area is 121 Å². The molecule has 100 valence electrons. The summed E-state index contributed by atoms with van der Waals surface area (Å²) in [4.78, 5) is 25.6. The van der Waals surface area contributed by atoms with Crippen LogP contribution < -0.4 is 0 Å². The van der Waals surface area contributed by atoms with E-state index in [9.17, 15) is 14.9 Å². The number of nitrogens with zero attached hydrogens (tertiary/aromatic N) is 3. The normalized spacial score (nSPS) is 10.8.